The molecule has 8 heteroatoms. The topological polar surface area (TPSA) is 59.1 Å². The Bertz CT molecular complexity index is 766. The fourth-order valence-corrected chi connectivity index (χ4v) is 3.57. The summed E-state index contributed by atoms with van der Waals surface area (Å²) in [6.07, 6.45) is 1.15. The lowest BCUT2D eigenvalue weighted by atomic mass is 10.2. The van der Waals surface area contributed by atoms with Gasteiger partial charge in [-0.3, -0.25) is 4.72 Å². The first-order chi connectivity index (χ1) is 9.29. The zero-order chi connectivity index (χ0) is 14.9. The molecule has 1 aromatic heterocycles. The molecule has 0 spiro atoms. The maximum Gasteiger partial charge on any atom is 0.263 e. The quantitative estimate of drug-likeness (QED) is 0.789. The highest BCUT2D eigenvalue weighted by atomic mass is 79.9. The van der Waals surface area contributed by atoms with E-state index in [0.29, 0.717) is 10.2 Å². The molecule has 0 saturated heterocycles. The van der Waals surface area contributed by atoms with Gasteiger partial charge in [0, 0.05) is 10.7 Å². The Labute approximate surface area is 135 Å². The van der Waals surface area contributed by atoms with Crippen molar-refractivity contribution in [2.45, 2.75) is 11.8 Å². The van der Waals surface area contributed by atoms with Crippen LogP contribution in [0.3, 0.4) is 0 Å². The van der Waals surface area contributed by atoms with Gasteiger partial charge in [0.05, 0.1) is 10.7 Å². The van der Waals surface area contributed by atoms with E-state index >= 15 is 0 Å². The van der Waals surface area contributed by atoms with Crippen LogP contribution in [-0.4, -0.2) is 13.4 Å². The monoisotopic (exact) mass is 394 g/mol. The molecular formula is C12H9BrCl2N2O2S. The van der Waals surface area contributed by atoms with E-state index in [1.807, 2.05) is 13.0 Å². The van der Waals surface area contributed by atoms with Crippen molar-refractivity contribution in [1.82, 2.24) is 4.98 Å². The lowest BCUT2D eigenvalue weighted by molar-refractivity contribution is 0.601. The van der Waals surface area contributed by atoms with Gasteiger partial charge >= 0.3 is 0 Å². The molecule has 0 fully saturated rings. The zero-order valence-electron chi connectivity index (χ0n) is 10.2. The van der Waals surface area contributed by atoms with Crippen molar-refractivity contribution >= 4 is 54.8 Å². The van der Waals surface area contributed by atoms with Crippen LogP contribution in [0.2, 0.25) is 10.2 Å². The number of anilines is 1. The second-order valence-electron chi connectivity index (χ2n) is 4.03. The number of benzene rings is 1. The number of rotatable bonds is 3. The largest absolute Gasteiger partial charge is 0.278 e. The molecule has 0 radical (unpaired) electrons. The third kappa shape index (κ3) is 3.44. The van der Waals surface area contributed by atoms with Crippen LogP contribution in [0.15, 0.2) is 39.8 Å². The van der Waals surface area contributed by atoms with E-state index in [9.17, 15) is 8.42 Å². The van der Waals surface area contributed by atoms with Crippen LogP contribution >= 0.6 is 39.1 Å². The van der Waals surface area contributed by atoms with Crippen molar-refractivity contribution in [3.05, 3.63) is 50.7 Å². The maximum atomic E-state index is 12.2. The Morgan fingerprint density at radius 2 is 1.95 bits per heavy atom. The first-order valence-electron chi connectivity index (χ1n) is 5.39. The third-order valence-corrected chi connectivity index (χ3v) is 5.13. The maximum absolute atomic E-state index is 12.2. The Morgan fingerprint density at radius 3 is 2.55 bits per heavy atom. The highest BCUT2D eigenvalue weighted by molar-refractivity contribution is 9.10. The molecule has 0 aliphatic rings. The van der Waals surface area contributed by atoms with Crippen molar-refractivity contribution in [3.8, 4) is 0 Å². The lowest BCUT2D eigenvalue weighted by Gasteiger charge is -2.10. The zero-order valence-corrected chi connectivity index (χ0v) is 14.1. The highest BCUT2D eigenvalue weighted by Gasteiger charge is 2.17. The molecule has 106 valence electrons. The minimum Gasteiger partial charge on any atom is -0.278 e. The van der Waals surface area contributed by atoms with E-state index in [-0.39, 0.29) is 15.1 Å². The van der Waals surface area contributed by atoms with Crippen molar-refractivity contribution in [2.75, 3.05) is 4.72 Å². The van der Waals surface area contributed by atoms with E-state index in [1.54, 1.807) is 12.1 Å². The molecule has 20 heavy (non-hydrogen) atoms. The molecule has 1 heterocycles. The fraction of sp³-hybridized carbons (Fsp3) is 0.0833. The predicted octanol–water partition coefficient (Wildman–Crippen LogP) is 4.26. The number of nitrogens with one attached hydrogen (secondary N) is 1. The molecule has 4 nitrogen and oxygen atoms in total. The average molecular weight is 396 g/mol. The van der Waals surface area contributed by atoms with Gasteiger partial charge in [-0.2, -0.15) is 0 Å². The second kappa shape index (κ2) is 5.89. The molecule has 0 atom stereocenters. The first-order valence-corrected chi connectivity index (χ1v) is 8.43. The van der Waals surface area contributed by atoms with Gasteiger partial charge in [0.1, 0.15) is 10.0 Å². The molecule has 2 rings (SSSR count). The lowest BCUT2D eigenvalue weighted by Crippen LogP contribution is -2.13. The van der Waals surface area contributed by atoms with E-state index < -0.39 is 10.0 Å². The molecule has 2 aromatic rings. The molecule has 0 bridgehead atoms. The average Bonchev–Trinajstić information content (AvgIpc) is 2.36. The number of pyridine rings is 1. The standard InChI is InChI=1S/C12H9BrCl2N2O2S/c1-7-2-3-11(9(13)4-7)17-20(18,19)8-5-10(14)12(15)16-6-8/h2-6,17H,1H3. The summed E-state index contributed by atoms with van der Waals surface area (Å²) in [7, 11) is -3.77. The van der Waals surface area contributed by atoms with Gasteiger partial charge < -0.3 is 0 Å². The number of hydrogen-bond donors (Lipinski definition) is 1. The first kappa shape index (κ1) is 15.6. The molecule has 1 aromatic carbocycles. The van der Waals surface area contributed by atoms with E-state index in [0.717, 1.165) is 11.8 Å². The van der Waals surface area contributed by atoms with Crippen molar-refractivity contribution < 1.29 is 8.42 Å². The number of halogens is 3. The molecule has 0 saturated carbocycles. The van der Waals surface area contributed by atoms with Crippen LogP contribution in [0.1, 0.15) is 5.56 Å². The summed E-state index contributed by atoms with van der Waals surface area (Å²) in [5, 5.41) is 0.139. The number of hydrogen-bond acceptors (Lipinski definition) is 3. The number of aromatic nitrogens is 1. The van der Waals surface area contributed by atoms with Gasteiger partial charge in [-0.05, 0) is 46.6 Å². The summed E-state index contributed by atoms with van der Waals surface area (Å²) in [5.74, 6) is 0. The van der Waals surface area contributed by atoms with Crippen molar-refractivity contribution in [3.63, 3.8) is 0 Å². The summed E-state index contributed by atoms with van der Waals surface area (Å²) in [6, 6.07) is 6.53. The van der Waals surface area contributed by atoms with Gasteiger partial charge in [-0.1, -0.05) is 29.3 Å². The Hall–Kier alpha value is -0.820. The Kier molecular flexibility index (Phi) is 4.59. The molecule has 0 unspecified atom stereocenters. The normalized spacial score (nSPS) is 11.4. The summed E-state index contributed by atoms with van der Waals surface area (Å²) in [4.78, 5) is 3.67. The molecule has 0 aliphatic heterocycles. The SMILES string of the molecule is Cc1ccc(NS(=O)(=O)c2cnc(Cl)c(Cl)c2)c(Br)c1. The van der Waals surface area contributed by atoms with Gasteiger partial charge in [0.2, 0.25) is 0 Å². The van der Waals surface area contributed by atoms with E-state index in [4.69, 9.17) is 23.2 Å². The number of sulfonamides is 1. The van der Waals surface area contributed by atoms with E-state index in [1.165, 1.54) is 6.07 Å². The summed E-state index contributed by atoms with van der Waals surface area (Å²) in [6.45, 7) is 1.91. The molecule has 0 aliphatic carbocycles. The minimum atomic E-state index is -3.77. The van der Waals surface area contributed by atoms with Crippen LogP contribution < -0.4 is 4.72 Å². The Morgan fingerprint density at radius 1 is 1.25 bits per heavy atom. The van der Waals surface area contributed by atoms with Crippen molar-refractivity contribution in [2.24, 2.45) is 0 Å². The van der Waals surface area contributed by atoms with Crippen molar-refractivity contribution in [1.29, 1.82) is 0 Å². The molecule has 1 N–H and O–H groups in total. The highest BCUT2D eigenvalue weighted by Crippen LogP contribution is 2.27. The van der Waals surface area contributed by atoms with Crippen LogP contribution in [0, 0.1) is 6.92 Å². The van der Waals surface area contributed by atoms with Crippen LogP contribution in [-0.2, 0) is 10.0 Å². The predicted molar refractivity (Wildman–Crippen MR) is 83.9 cm³/mol. The third-order valence-electron chi connectivity index (χ3n) is 2.45. The van der Waals surface area contributed by atoms with Gasteiger partial charge in [-0.15, -0.1) is 0 Å². The summed E-state index contributed by atoms with van der Waals surface area (Å²) >= 11 is 14.8. The fourth-order valence-electron chi connectivity index (χ4n) is 1.46. The molecular weight excluding hydrogens is 387 g/mol. The molecule has 0 amide bonds. The number of aryl methyl sites for hydroxylation is 1. The van der Waals surface area contributed by atoms with Gasteiger partial charge in [0.25, 0.3) is 10.0 Å². The Balaban J connectivity index is 2.38. The van der Waals surface area contributed by atoms with Crippen LogP contribution in [0.5, 0.6) is 0 Å². The minimum absolute atomic E-state index is 0.0561. The van der Waals surface area contributed by atoms with E-state index in [2.05, 4.69) is 25.6 Å². The smallest absolute Gasteiger partial charge is 0.263 e. The van der Waals surface area contributed by atoms with Gasteiger partial charge in [-0.25, -0.2) is 13.4 Å². The summed E-state index contributed by atoms with van der Waals surface area (Å²) in [5.41, 5.74) is 1.44. The number of nitrogens with zero attached hydrogens (tertiary/aromatic N) is 1. The summed E-state index contributed by atoms with van der Waals surface area (Å²) < 4.78 is 27.6. The second-order valence-corrected chi connectivity index (χ2v) is 7.33. The van der Waals surface area contributed by atoms with Gasteiger partial charge in [0.15, 0.2) is 0 Å². The van der Waals surface area contributed by atoms with Crippen LogP contribution in [0.25, 0.3) is 0 Å². The van der Waals surface area contributed by atoms with Crippen LogP contribution in [0.4, 0.5) is 5.69 Å².